The van der Waals surface area contributed by atoms with Gasteiger partial charge in [0.2, 0.25) is 5.28 Å². The number of pyridine rings is 1. The van der Waals surface area contributed by atoms with Crippen molar-refractivity contribution < 1.29 is 22.5 Å². The highest BCUT2D eigenvalue weighted by Gasteiger charge is 2.52. The van der Waals surface area contributed by atoms with Crippen molar-refractivity contribution in [1.82, 2.24) is 18.9 Å². The largest absolute Gasteiger partial charge is 0.497 e. The predicted molar refractivity (Wildman–Crippen MR) is 169 cm³/mol. The molecule has 1 N–H and O–H groups in total. The van der Waals surface area contributed by atoms with Crippen LogP contribution in [0, 0.1) is 6.92 Å². The topological polar surface area (TPSA) is 125 Å². The van der Waals surface area contributed by atoms with Gasteiger partial charge in [0.25, 0.3) is 10.0 Å². The first-order chi connectivity index (χ1) is 20.0. The highest BCUT2D eigenvalue weighted by atomic mass is 35.5. The minimum Gasteiger partial charge on any atom is -0.399 e. The van der Waals surface area contributed by atoms with Gasteiger partial charge in [-0.15, -0.1) is 0 Å². The smallest absolute Gasteiger partial charge is 0.399 e. The first-order valence-corrected chi connectivity index (χ1v) is 15.7. The van der Waals surface area contributed by atoms with Gasteiger partial charge in [0, 0.05) is 29.4 Å². The summed E-state index contributed by atoms with van der Waals surface area (Å²) in [6, 6.07) is 12.1. The standard InChI is InChI=1S/C20H23BN2O4S.C10H14ClN3O/c1-14-8-10-15(11-9-14)28(24,25)23-13-17(16-7-6-12-22-18(16)23)21-26-19(2,3)20(4,5)27-21;1-4-10(3,7(2)15)14-8-5-6-12-9(11)13-8/h6-13H,1-5H3;5-6H,4H2,1-3H3,(H,12,13,14)/t;10-/m.1/s1. The van der Waals surface area contributed by atoms with E-state index in [1.807, 2.05) is 54.5 Å². The molecule has 1 aliphatic rings. The molecule has 10 nitrogen and oxygen atoms in total. The monoisotopic (exact) mass is 625 g/mol. The van der Waals surface area contributed by atoms with Crippen molar-refractivity contribution in [1.29, 1.82) is 0 Å². The van der Waals surface area contributed by atoms with Crippen molar-refractivity contribution in [3.63, 3.8) is 0 Å². The van der Waals surface area contributed by atoms with Gasteiger partial charge in [-0.3, -0.25) is 4.79 Å². The molecule has 1 aliphatic heterocycles. The molecule has 0 aliphatic carbocycles. The molecule has 0 amide bonds. The van der Waals surface area contributed by atoms with Gasteiger partial charge in [-0.25, -0.2) is 27.3 Å². The number of benzene rings is 1. The number of halogens is 1. The zero-order chi connectivity index (χ0) is 31.8. The van der Waals surface area contributed by atoms with Crippen molar-refractivity contribution in [2.24, 2.45) is 0 Å². The lowest BCUT2D eigenvalue weighted by Gasteiger charge is -2.32. The van der Waals surface area contributed by atoms with Crippen LogP contribution in [0.4, 0.5) is 5.82 Å². The Hall–Kier alpha value is -3.32. The van der Waals surface area contributed by atoms with E-state index in [0.717, 1.165) is 5.56 Å². The summed E-state index contributed by atoms with van der Waals surface area (Å²) in [6.45, 7) is 15.1. The van der Waals surface area contributed by atoms with Gasteiger partial charge in [-0.05, 0) is 96.8 Å². The van der Waals surface area contributed by atoms with Gasteiger partial charge in [0.05, 0.1) is 21.6 Å². The van der Waals surface area contributed by atoms with Crippen LogP contribution in [-0.2, 0) is 24.1 Å². The molecule has 0 bridgehead atoms. The Bertz CT molecular complexity index is 1730. The van der Waals surface area contributed by atoms with Crippen molar-refractivity contribution in [2.75, 3.05) is 5.32 Å². The number of aryl methyl sites for hydroxylation is 1. The SMILES string of the molecule is CC[C@@](C)(Nc1ccnc(Cl)n1)C(C)=O.Cc1ccc(S(=O)(=O)n2cc(B3OC(C)(C)C(C)(C)O3)c3cccnc32)cc1. The molecule has 3 aromatic heterocycles. The Labute approximate surface area is 258 Å². The molecular weight excluding hydrogens is 589 g/mol. The van der Waals surface area contributed by atoms with E-state index in [4.69, 9.17) is 20.9 Å². The van der Waals surface area contributed by atoms with Gasteiger partial charge < -0.3 is 14.6 Å². The van der Waals surface area contributed by atoms with Crippen LogP contribution < -0.4 is 10.8 Å². The van der Waals surface area contributed by atoms with Crippen molar-refractivity contribution in [3.8, 4) is 0 Å². The zero-order valence-electron chi connectivity index (χ0n) is 25.7. The molecule has 5 rings (SSSR count). The lowest BCUT2D eigenvalue weighted by atomic mass is 9.79. The van der Waals surface area contributed by atoms with Crippen molar-refractivity contribution in [3.05, 3.63) is 71.9 Å². The zero-order valence-corrected chi connectivity index (χ0v) is 27.2. The molecule has 228 valence electrons. The van der Waals surface area contributed by atoms with Gasteiger partial charge in [0.15, 0.2) is 11.4 Å². The lowest BCUT2D eigenvalue weighted by molar-refractivity contribution is -0.120. The van der Waals surface area contributed by atoms with Crippen molar-refractivity contribution in [2.45, 2.75) is 83.4 Å². The molecule has 0 radical (unpaired) electrons. The Morgan fingerprint density at radius 3 is 2.23 bits per heavy atom. The number of Topliss-reactive ketones (excluding diaryl/α,β-unsaturated/α-hetero) is 1. The number of hydrogen-bond donors (Lipinski definition) is 1. The third-order valence-electron chi connectivity index (χ3n) is 8.16. The maximum atomic E-state index is 13.3. The normalized spacial score (nSPS) is 17.2. The molecule has 1 aromatic carbocycles. The summed E-state index contributed by atoms with van der Waals surface area (Å²) in [7, 11) is -4.48. The van der Waals surface area contributed by atoms with Crippen LogP contribution in [0.1, 0.15) is 60.5 Å². The number of nitrogens with zero attached hydrogens (tertiary/aromatic N) is 4. The van der Waals surface area contributed by atoms with E-state index in [-0.39, 0.29) is 16.0 Å². The number of carbonyl (C=O) groups excluding carboxylic acids is 1. The molecule has 1 saturated heterocycles. The molecule has 0 saturated carbocycles. The summed E-state index contributed by atoms with van der Waals surface area (Å²) in [5.74, 6) is 0.634. The van der Waals surface area contributed by atoms with E-state index in [1.165, 1.54) is 3.97 Å². The van der Waals surface area contributed by atoms with E-state index in [9.17, 15) is 13.2 Å². The summed E-state index contributed by atoms with van der Waals surface area (Å²) in [5.41, 5.74) is 0.351. The minimum atomic E-state index is -3.81. The molecule has 1 fully saturated rings. The third kappa shape index (κ3) is 6.62. The second-order valence-corrected chi connectivity index (χ2v) is 13.9. The van der Waals surface area contributed by atoms with Gasteiger partial charge >= 0.3 is 7.12 Å². The van der Waals surface area contributed by atoms with E-state index in [0.29, 0.717) is 28.7 Å². The summed E-state index contributed by atoms with van der Waals surface area (Å²) in [6.07, 6.45) is 5.38. The van der Waals surface area contributed by atoms with Crippen LogP contribution in [0.25, 0.3) is 11.0 Å². The first-order valence-electron chi connectivity index (χ1n) is 13.9. The first kappa shape index (κ1) is 32.6. The molecule has 4 aromatic rings. The van der Waals surface area contributed by atoms with Gasteiger partial charge in [-0.1, -0.05) is 24.6 Å². The van der Waals surface area contributed by atoms with Crippen molar-refractivity contribution >= 4 is 56.8 Å². The maximum absolute atomic E-state index is 13.3. The number of ketones is 1. The Balaban J connectivity index is 0.000000239. The van der Waals surface area contributed by atoms with E-state index < -0.39 is 33.9 Å². The molecule has 0 spiro atoms. The Kier molecular flexibility index (Phi) is 9.09. The lowest BCUT2D eigenvalue weighted by Crippen LogP contribution is -2.41. The second kappa shape index (κ2) is 12.0. The minimum absolute atomic E-state index is 0.0692. The fourth-order valence-electron chi connectivity index (χ4n) is 4.33. The van der Waals surface area contributed by atoms with E-state index >= 15 is 0 Å². The molecule has 1 atom stereocenters. The quantitative estimate of drug-likeness (QED) is 0.218. The number of carbonyl (C=O) groups is 1. The summed E-state index contributed by atoms with van der Waals surface area (Å²) < 4.78 is 40.1. The van der Waals surface area contributed by atoms with Crippen LogP contribution in [0.3, 0.4) is 0 Å². The highest BCUT2D eigenvalue weighted by Crippen LogP contribution is 2.37. The number of nitrogens with one attached hydrogen (secondary N) is 1. The van der Waals surface area contributed by atoms with Crippen LogP contribution in [0.5, 0.6) is 0 Å². The maximum Gasteiger partial charge on any atom is 0.497 e. The molecule has 0 unspecified atom stereocenters. The average Bonchev–Trinajstić information content (AvgIpc) is 3.43. The fourth-order valence-corrected chi connectivity index (χ4v) is 5.81. The average molecular weight is 626 g/mol. The number of anilines is 1. The van der Waals surface area contributed by atoms with Crippen LogP contribution in [-0.4, -0.2) is 57.0 Å². The van der Waals surface area contributed by atoms with E-state index in [1.54, 1.807) is 61.9 Å². The number of rotatable bonds is 7. The van der Waals surface area contributed by atoms with E-state index in [2.05, 4.69) is 20.3 Å². The molecule has 43 heavy (non-hydrogen) atoms. The number of aromatic nitrogens is 4. The Morgan fingerprint density at radius 2 is 1.67 bits per heavy atom. The molecular formula is C30H37BClN5O5S. The number of hydrogen-bond acceptors (Lipinski definition) is 9. The highest BCUT2D eigenvalue weighted by molar-refractivity contribution is 7.90. The Morgan fingerprint density at radius 1 is 1.05 bits per heavy atom. The van der Waals surface area contributed by atoms with Crippen LogP contribution in [0.15, 0.2) is 66.0 Å². The second-order valence-electron chi connectivity index (χ2n) is 11.7. The number of fused-ring (bicyclic) bond motifs is 1. The third-order valence-corrected chi connectivity index (χ3v) is 10.0. The van der Waals surface area contributed by atoms with Crippen LogP contribution >= 0.6 is 11.6 Å². The van der Waals surface area contributed by atoms with Gasteiger partial charge in [0.1, 0.15) is 5.82 Å². The summed E-state index contributed by atoms with van der Waals surface area (Å²) in [4.78, 5) is 23.7. The fraction of sp³-hybridized carbons (Fsp3) is 0.400. The molecule has 4 heterocycles. The predicted octanol–water partition coefficient (Wildman–Crippen LogP) is 5.18. The summed E-state index contributed by atoms with van der Waals surface area (Å²) in [5, 5.41) is 3.92. The van der Waals surface area contributed by atoms with Crippen LogP contribution in [0.2, 0.25) is 5.28 Å². The van der Waals surface area contributed by atoms with Gasteiger partial charge in [-0.2, -0.15) is 0 Å². The summed E-state index contributed by atoms with van der Waals surface area (Å²) >= 11 is 5.65. The molecule has 13 heteroatoms.